The van der Waals surface area contributed by atoms with Crippen LogP contribution in [0, 0.1) is 17.8 Å². The number of amides is 1. The number of carbonyl (C=O) groups excluding carboxylic acids is 1. The van der Waals surface area contributed by atoms with Gasteiger partial charge in [0.1, 0.15) is 0 Å². The van der Waals surface area contributed by atoms with Crippen molar-refractivity contribution in [1.29, 1.82) is 0 Å². The first kappa shape index (κ1) is 16.5. The van der Waals surface area contributed by atoms with Crippen molar-refractivity contribution in [3.8, 4) is 0 Å². The van der Waals surface area contributed by atoms with Crippen molar-refractivity contribution in [2.45, 2.75) is 59.9 Å². The van der Waals surface area contributed by atoms with Crippen molar-refractivity contribution in [3.63, 3.8) is 0 Å². The maximum atomic E-state index is 12.4. The summed E-state index contributed by atoms with van der Waals surface area (Å²) in [6.07, 6.45) is 3.44. The molecule has 0 aromatic carbocycles. The van der Waals surface area contributed by atoms with Crippen LogP contribution in [0.15, 0.2) is 0 Å². The van der Waals surface area contributed by atoms with E-state index < -0.39 is 0 Å². The molecule has 1 N–H and O–H groups in total. The molecule has 1 heterocycles. The van der Waals surface area contributed by atoms with E-state index in [1.165, 1.54) is 6.42 Å². The minimum absolute atomic E-state index is 0.151. The van der Waals surface area contributed by atoms with Crippen LogP contribution in [0.25, 0.3) is 0 Å². The molecule has 1 aliphatic rings. The predicted octanol–water partition coefficient (Wildman–Crippen LogP) is 2.91. The highest BCUT2D eigenvalue weighted by atomic mass is 16.2. The highest BCUT2D eigenvalue weighted by Gasteiger charge is 2.32. The van der Waals surface area contributed by atoms with Crippen LogP contribution in [-0.4, -0.2) is 36.5 Å². The summed E-state index contributed by atoms with van der Waals surface area (Å²) < 4.78 is 0. The van der Waals surface area contributed by atoms with E-state index in [9.17, 15) is 4.79 Å². The number of hydrogen-bond donors (Lipinski definition) is 1. The molecule has 1 saturated heterocycles. The Balaban J connectivity index is 2.56. The zero-order valence-corrected chi connectivity index (χ0v) is 13.4. The minimum atomic E-state index is 0.151. The van der Waals surface area contributed by atoms with E-state index >= 15 is 0 Å². The molecule has 112 valence electrons. The molecule has 3 heteroatoms. The van der Waals surface area contributed by atoms with Crippen molar-refractivity contribution in [3.05, 3.63) is 0 Å². The van der Waals surface area contributed by atoms with E-state index in [1.807, 2.05) is 0 Å². The summed E-state index contributed by atoms with van der Waals surface area (Å²) in [5.41, 5.74) is 0. The van der Waals surface area contributed by atoms with Gasteiger partial charge in [0.2, 0.25) is 5.91 Å². The third-order valence-electron chi connectivity index (χ3n) is 4.62. The van der Waals surface area contributed by atoms with E-state index in [0.717, 1.165) is 32.5 Å². The summed E-state index contributed by atoms with van der Waals surface area (Å²) in [5.74, 6) is 1.55. The summed E-state index contributed by atoms with van der Waals surface area (Å²) in [6, 6.07) is 0.600. The van der Waals surface area contributed by atoms with Gasteiger partial charge in [-0.1, -0.05) is 41.0 Å². The lowest BCUT2D eigenvalue weighted by Crippen LogP contribution is -2.52. The molecule has 0 aliphatic carbocycles. The third-order valence-corrected chi connectivity index (χ3v) is 4.62. The first-order valence-corrected chi connectivity index (χ1v) is 8.03. The Labute approximate surface area is 119 Å². The zero-order chi connectivity index (χ0) is 14.4. The van der Waals surface area contributed by atoms with Crippen LogP contribution in [0.2, 0.25) is 0 Å². The van der Waals surface area contributed by atoms with Crippen LogP contribution in [0.3, 0.4) is 0 Å². The smallest absolute Gasteiger partial charge is 0.225 e. The summed E-state index contributed by atoms with van der Waals surface area (Å²) in [6.45, 7) is 13.7. The van der Waals surface area contributed by atoms with E-state index in [-0.39, 0.29) is 5.92 Å². The summed E-state index contributed by atoms with van der Waals surface area (Å²) >= 11 is 0. The predicted molar refractivity (Wildman–Crippen MR) is 81.1 cm³/mol. The normalized spacial score (nSPS) is 25.7. The first-order chi connectivity index (χ1) is 9.01. The van der Waals surface area contributed by atoms with E-state index in [2.05, 4.69) is 44.8 Å². The molecule has 3 atom stereocenters. The fourth-order valence-electron chi connectivity index (χ4n) is 2.82. The molecule has 1 fully saturated rings. The number of likely N-dealkylation sites (tertiary alicyclic amines) is 1. The second-order valence-electron chi connectivity index (χ2n) is 6.33. The second-order valence-corrected chi connectivity index (χ2v) is 6.33. The Morgan fingerprint density at radius 1 is 1.32 bits per heavy atom. The van der Waals surface area contributed by atoms with Gasteiger partial charge in [-0.25, -0.2) is 0 Å². The van der Waals surface area contributed by atoms with Crippen molar-refractivity contribution < 1.29 is 4.79 Å². The Hall–Kier alpha value is -0.570. The molecule has 0 saturated carbocycles. The number of carbonyl (C=O) groups is 1. The molecule has 0 aromatic rings. The molecule has 0 spiro atoms. The molecule has 3 unspecified atom stereocenters. The zero-order valence-electron chi connectivity index (χ0n) is 13.4. The van der Waals surface area contributed by atoms with Gasteiger partial charge in [0.05, 0.1) is 0 Å². The van der Waals surface area contributed by atoms with Gasteiger partial charge in [0, 0.05) is 25.0 Å². The van der Waals surface area contributed by atoms with Gasteiger partial charge in [-0.05, 0) is 31.2 Å². The second kappa shape index (κ2) is 7.88. The molecule has 1 amide bonds. The van der Waals surface area contributed by atoms with Crippen LogP contribution >= 0.6 is 0 Å². The molecule has 0 radical (unpaired) electrons. The summed E-state index contributed by atoms with van der Waals surface area (Å²) in [5, 5.41) is 3.65. The largest absolute Gasteiger partial charge is 0.342 e. The quantitative estimate of drug-likeness (QED) is 0.803. The Morgan fingerprint density at radius 3 is 2.53 bits per heavy atom. The SMILES string of the molecule is CCCNC1CCN(C(=O)C(C)C(C)C)CC1CC. The number of nitrogens with zero attached hydrogens (tertiary/aromatic N) is 1. The molecule has 3 nitrogen and oxygen atoms in total. The topological polar surface area (TPSA) is 32.3 Å². The maximum absolute atomic E-state index is 12.4. The van der Waals surface area contributed by atoms with Crippen molar-refractivity contribution in [2.75, 3.05) is 19.6 Å². The van der Waals surface area contributed by atoms with Crippen LogP contribution < -0.4 is 5.32 Å². The van der Waals surface area contributed by atoms with Gasteiger partial charge in [0.25, 0.3) is 0 Å². The fourth-order valence-corrected chi connectivity index (χ4v) is 2.82. The molecule has 1 aliphatic heterocycles. The van der Waals surface area contributed by atoms with Gasteiger partial charge >= 0.3 is 0 Å². The van der Waals surface area contributed by atoms with Crippen molar-refractivity contribution in [2.24, 2.45) is 17.8 Å². The Bertz CT molecular complexity index is 278. The average molecular weight is 268 g/mol. The lowest BCUT2D eigenvalue weighted by atomic mass is 9.88. The van der Waals surface area contributed by atoms with Gasteiger partial charge in [0.15, 0.2) is 0 Å². The number of rotatable bonds is 6. The molecule has 0 bridgehead atoms. The monoisotopic (exact) mass is 268 g/mol. The van der Waals surface area contributed by atoms with E-state index in [4.69, 9.17) is 0 Å². The lowest BCUT2D eigenvalue weighted by molar-refractivity contribution is -0.138. The Morgan fingerprint density at radius 2 is 2.00 bits per heavy atom. The number of hydrogen-bond acceptors (Lipinski definition) is 2. The maximum Gasteiger partial charge on any atom is 0.225 e. The van der Waals surface area contributed by atoms with Crippen LogP contribution in [0.5, 0.6) is 0 Å². The third kappa shape index (κ3) is 4.48. The molecule has 0 aromatic heterocycles. The molecule has 19 heavy (non-hydrogen) atoms. The number of nitrogens with one attached hydrogen (secondary N) is 1. The molecular formula is C16H32N2O. The van der Waals surface area contributed by atoms with Crippen LogP contribution in [0.4, 0.5) is 0 Å². The fraction of sp³-hybridized carbons (Fsp3) is 0.938. The van der Waals surface area contributed by atoms with Gasteiger partial charge in [-0.3, -0.25) is 4.79 Å². The average Bonchev–Trinajstić information content (AvgIpc) is 2.43. The van der Waals surface area contributed by atoms with Gasteiger partial charge in [-0.2, -0.15) is 0 Å². The summed E-state index contributed by atoms with van der Waals surface area (Å²) in [7, 11) is 0. The van der Waals surface area contributed by atoms with Crippen molar-refractivity contribution in [1.82, 2.24) is 10.2 Å². The lowest BCUT2D eigenvalue weighted by Gasteiger charge is -2.40. The minimum Gasteiger partial charge on any atom is -0.342 e. The highest BCUT2D eigenvalue weighted by molar-refractivity contribution is 5.78. The molecule has 1 rings (SSSR count). The standard InChI is InChI=1S/C16H32N2O/c1-6-9-17-15-8-10-18(11-14(15)7-2)16(19)13(5)12(3)4/h12-15,17H,6-11H2,1-5H3. The first-order valence-electron chi connectivity index (χ1n) is 8.03. The van der Waals surface area contributed by atoms with Crippen LogP contribution in [-0.2, 0) is 4.79 Å². The number of piperidine rings is 1. The molecular weight excluding hydrogens is 236 g/mol. The van der Waals surface area contributed by atoms with Crippen LogP contribution in [0.1, 0.15) is 53.9 Å². The summed E-state index contributed by atoms with van der Waals surface area (Å²) in [4.78, 5) is 14.5. The van der Waals surface area contributed by atoms with E-state index in [1.54, 1.807) is 0 Å². The Kier molecular flexibility index (Phi) is 6.84. The van der Waals surface area contributed by atoms with Crippen molar-refractivity contribution >= 4 is 5.91 Å². The highest BCUT2D eigenvalue weighted by Crippen LogP contribution is 2.23. The van der Waals surface area contributed by atoms with E-state index in [0.29, 0.717) is 23.8 Å². The van der Waals surface area contributed by atoms with Gasteiger partial charge < -0.3 is 10.2 Å². The van der Waals surface area contributed by atoms with Gasteiger partial charge in [-0.15, -0.1) is 0 Å².